The fraction of sp³-hybridized carbons (Fsp3) is 0.0435. The minimum Gasteiger partial charge on any atom is -0.456 e. The Morgan fingerprint density at radius 2 is 1.54 bits per heavy atom. The van der Waals surface area contributed by atoms with Gasteiger partial charge < -0.3 is 15.1 Å². The summed E-state index contributed by atoms with van der Waals surface area (Å²) < 4.78 is 5.87. The van der Waals surface area contributed by atoms with Crippen LogP contribution in [-0.4, -0.2) is 6.03 Å². The fourth-order valence-corrected chi connectivity index (χ4v) is 3.01. The average molecular weight is 370 g/mol. The number of nitrogens with one attached hydrogen (secondary N) is 2. The molecule has 0 aliphatic rings. The number of carbonyl (C=O) groups is 1. The number of fused-ring (bicyclic) bond motifs is 1. The zero-order valence-electron chi connectivity index (χ0n) is 15.2. The highest BCUT2D eigenvalue weighted by atomic mass is 16.3. The number of urea groups is 1. The van der Waals surface area contributed by atoms with Crippen molar-refractivity contribution in [3.8, 4) is 11.3 Å². The highest BCUT2D eigenvalue weighted by Crippen LogP contribution is 2.24. The van der Waals surface area contributed by atoms with Gasteiger partial charge in [0, 0.05) is 23.0 Å². The highest BCUT2D eigenvalue weighted by Gasteiger charge is 2.09. The summed E-state index contributed by atoms with van der Waals surface area (Å²) in [5.41, 5.74) is 3.50. The molecule has 5 nitrogen and oxygen atoms in total. The van der Waals surface area contributed by atoms with Crippen molar-refractivity contribution in [1.82, 2.24) is 0 Å². The lowest BCUT2D eigenvalue weighted by molar-refractivity contribution is 0.262. The van der Waals surface area contributed by atoms with E-state index in [0.717, 1.165) is 5.56 Å². The van der Waals surface area contributed by atoms with Gasteiger partial charge in [-0.15, -0.1) is 0 Å². The molecular weight excluding hydrogens is 352 g/mol. The maximum Gasteiger partial charge on any atom is 0.323 e. The summed E-state index contributed by atoms with van der Waals surface area (Å²) in [6.45, 7) is 1.96. The van der Waals surface area contributed by atoms with Crippen LogP contribution in [0.1, 0.15) is 5.56 Å². The summed E-state index contributed by atoms with van der Waals surface area (Å²) in [6, 6.07) is 23.0. The molecule has 0 aliphatic heterocycles. The van der Waals surface area contributed by atoms with Gasteiger partial charge in [-0.05, 0) is 48.9 Å². The molecule has 5 heteroatoms. The van der Waals surface area contributed by atoms with Gasteiger partial charge >= 0.3 is 6.03 Å². The number of rotatable bonds is 3. The van der Waals surface area contributed by atoms with Gasteiger partial charge in [0.1, 0.15) is 11.3 Å². The molecule has 0 saturated heterocycles. The Morgan fingerprint density at radius 3 is 2.32 bits per heavy atom. The molecule has 0 bridgehead atoms. The minimum atomic E-state index is -0.345. The molecule has 28 heavy (non-hydrogen) atoms. The molecule has 0 unspecified atom stereocenters. The maximum absolute atomic E-state index is 12.3. The van der Waals surface area contributed by atoms with E-state index in [2.05, 4.69) is 10.6 Å². The Balaban J connectivity index is 1.58. The van der Waals surface area contributed by atoms with Crippen molar-refractivity contribution in [1.29, 1.82) is 0 Å². The van der Waals surface area contributed by atoms with Crippen molar-refractivity contribution in [2.75, 3.05) is 10.6 Å². The zero-order valence-corrected chi connectivity index (χ0v) is 15.2. The second-order valence-corrected chi connectivity index (χ2v) is 6.50. The first-order valence-corrected chi connectivity index (χ1v) is 8.86. The first kappa shape index (κ1) is 17.5. The second-order valence-electron chi connectivity index (χ2n) is 6.50. The number of hydrogen-bond acceptors (Lipinski definition) is 3. The zero-order chi connectivity index (χ0) is 19.5. The van der Waals surface area contributed by atoms with Crippen LogP contribution in [0.4, 0.5) is 16.2 Å². The average Bonchev–Trinajstić information content (AvgIpc) is 2.68. The first-order valence-electron chi connectivity index (χ1n) is 8.86. The van der Waals surface area contributed by atoms with Crippen LogP contribution in [0.5, 0.6) is 0 Å². The maximum atomic E-state index is 12.3. The molecule has 4 rings (SSSR count). The molecular formula is C23H18N2O3. The number of amides is 2. The summed E-state index contributed by atoms with van der Waals surface area (Å²) in [4.78, 5) is 24.6. The van der Waals surface area contributed by atoms with Crippen LogP contribution < -0.4 is 16.1 Å². The fourth-order valence-electron chi connectivity index (χ4n) is 3.01. The van der Waals surface area contributed by atoms with Crippen LogP contribution in [0.25, 0.3) is 22.3 Å². The molecule has 0 spiro atoms. The predicted molar refractivity (Wildman–Crippen MR) is 112 cm³/mol. The lowest BCUT2D eigenvalue weighted by atomic mass is 10.1. The molecule has 1 aromatic heterocycles. The molecule has 2 amide bonds. The van der Waals surface area contributed by atoms with Crippen LogP contribution in [0.3, 0.4) is 0 Å². The van der Waals surface area contributed by atoms with Crippen molar-refractivity contribution < 1.29 is 9.21 Å². The van der Waals surface area contributed by atoms with E-state index >= 15 is 0 Å². The normalized spacial score (nSPS) is 10.6. The molecule has 0 fully saturated rings. The number of hydrogen-bond donors (Lipinski definition) is 2. The molecule has 0 radical (unpaired) electrons. The van der Waals surface area contributed by atoms with Crippen molar-refractivity contribution >= 4 is 28.4 Å². The van der Waals surface area contributed by atoms with Crippen LogP contribution >= 0.6 is 0 Å². The third kappa shape index (κ3) is 3.78. The van der Waals surface area contributed by atoms with E-state index in [1.807, 2.05) is 43.3 Å². The smallest absolute Gasteiger partial charge is 0.323 e. The molecule has 0 aliphatic carbocycles. The molecule has 1 heterocycles. The summed E-state index contributed by atoms with van der Waals surface area (Å²) in [6.07, 6.45) is 0. The van der Waals surface area contributed by atoms with E-state index in [1.54, 1.807) is 36.4 Å². The molecule has 0 saturated carbocycles. The summed E-state index contributed by atoms with van der Waals surface area (Å²) in [5.74, 6) is 0.450. The second kappa shape index (κ2) is 7.40. The van der Waals surface area contributed by atoms with Gasteiger partial charge in [0.25, 0.3) is 0 Å². The standard InChI is InChI=1S/C23H18N2O3/c1-15-6-4-8-17(12-15)24-23(27)25-18-9-5-7-16(13-18)22-14-20(26)19-10-2-3-11-21(19)28-22/h2-14H,1H3,(H2,24,25,27). The van der Waals surface area contributed by atoms with Gasteiger partial charge in [0.2, 0.25) is 0 Å². The van der Waals surface area contributed by atoms with Crippen LogP contribution in [0.2, 0.25) is 0 Å². The quantitative estimate of drug-likeness (QED) is 0.506. The van der Waals surface area contributed by atoms with Gasteiger partial charge in [0.15, 0.2) is 5.43 Å². The molecule has 138 valence electrons. The van der Waals surface area contributed by atoms with Crippen molar-refractivity contribution in [2.45, 2.75) is 6.92 Å². The van der Waals surface area contributed by atoms with Gasteiger partial charge in [-0.2, -0.15) is 0 Å². The summed E-state index contributed by atoms with van der Waals surface area (Å²) in [5, 5.41) is 6.14. The third-order valence-electron chi connectivity index (χ3n) is 4.32. The lowest BCUT2D eigenvalue weighted by Crippen LogP contribution is -2.19. The SMILES string of the molecule is Cc1cccc(NC(=O)Nc2cccc(-c3cc(=O)c4ccccc4o3)c2)c1. The summed E-state index contributed by atoms with van der Waals surface area (Å²) in [7, 11) is 0. The van der Waals surface area contributed by atoms with E-state index in [9.17, 15) is 9.59 Å². The largest absolute Gasteiger partial charge is 0.456 e. The van der Waals surface area contributed by atoms with Crippen LogP contribution in [-0.2, 0) is 0 Å². The van der Waals surface area contributed by atoms with Crippen LogP contribution in [0.15, 0.2) is 88.1 Å². The summed E-state index contributed by atoms with van der Waals surface area (Å²) >= 11 is 0. The number of anilines is 2. The molecule has 2 N–H and O–H groups in total. The molecule has 3 aromatic carbocycles. The Hall–Kier alpha value is -3.86. The van der Waals surface area contributed by atoms with Gasteiger partial charge in [-0.1, -0.05) is 36.4 Å². The monoisotopic (exact) mass is 370 g/mol. The first-order chi connectivity index (χ1) is 13.6. The third-order valence-corrected chi connectivity index (χ3v) is 4.32. The van der Waals surface area contributed by atoms with Gasteiger partial charge in [-0.25, -0.2) is 4.79 Å². The highest BCUT2D eigenvalue weighted by molar-refractivity contribution is 6.00. The minimum absolute atomic E-state index is 0.104. The molecule has 4 aromatic rings. The Morgan fingerprint density at radius 1 is 0.821 bits per heavy atom. The van der Waals surface area contributed by atoms with E-state index in [4.69, 9.17) is 4.42 Å². The Kier molecular flexibility index (Phi) is 4.64. The lowest BCUT2D eigenvalue weighted by Gasteiger charge is -2.09. The number of para-hydroxylation sites is 1. The van der Waals surface area contributed by atoms with E-state index in [-0.39, 0.29) is 11.5 Å². The number of aryl methyl sites for hydroxylation is 1. The topological polar surface area (TPSA) is 71.3 Å². The van der Waals surface area contributed by atoms with E-state index < -0.39 is 0 Å². The van der Waals surface area contributed by atoms with Gasteiger partial charge in [-0.3, -0.25) is 4.79 Å². The Labute approximate surface area is 161 Å². The van der Waals surface area contributed by atoms with Crippen molar-refractivity contribution in [3.63, 3.8) is 0 Å². The van der Waals surface area contributed by atoms with Gasteiger partial charge in [0.05, 0.1) is 5.39 Å². The van der Waals surface area contributed by atoms with Crippen LogP contribution in [0, 0.1) is 6.92 Å². The van der Waals surface area contributed by atoms with E-state index in [1.165, 1.54) is 6.07 Å². The Bertz CT molecular complexity index is 1230. The molecule has 0 atom stereocenters. The van der Waals surface area contributed by atoms with Crippen molar-refractivity contribution in [2.24, 2.45) is 0 Å². The number of carbonyl (C=O) groups excluding carboxylic acids is 1. The predicted octanol–water partition coefficient (Wildman–Crippen LogP) is 5.41. The van der Waals surface area contributed by atoms with E-state index in [0.29, 0.717) is 33.7 Å². The number of benzene rings is 3. The van der Waals surface area contributed by atoms with Crippen molar-refractivity contribution in [3.05, 3.63) is 94.6 Å².